The SMILES string of the molecule is Cc1cccc2oc(Cc3ccccc3CN)nc12. The van der Waals surface area contributed by atoms with Gasteiger partial charge in [-0.05, 0) is 29.7 Å². The Morgan fingerprint density at radius 3 is 2.58 bits per heavy atom. The first-order chi connectivity index (χ1) is 9.28. The molecule has 0 saturated carbocycles. The molecule has 1 heterocycles. The number of aryl methyl sites for hydroxylation is 1. The van der Waals surface area contributed by atoms with E-state index >= 15 is 0 Å². The van der Waals surface area contributed by atoms with E-state index in [-0.39, 0.29) is 0 Å². The average molecular weight is 252 g/mol. The van der Waals surface area contributed by atoms with E-state index in [1.54, 1.807) is 0 Å². The van der Waals surface area contributed by atoms with Crippen molar-refractivity contribution in [1.29, 1.82) is 0 Å². The monoisotopic (exact) mass is 252 g/mol. The Hall–Kier alpha value is -2.13. The summed E-state index contributed by atoms with van der Waals surface area (Å²) in [5.74, 6) is 0.741. The lowest BCUT2D eigenvalue weighted by Crippen LogP contribution is -2.01. The van der Waals surface area contributed by atoms with Crippen LogP contribution >= 0.6 is 0 Å². The lowest BCUT2D eigenvalue weighted by Gasteiger charge is -2.04. The van der Waals surface area contributed by atoms with Crippen molar-refractivity contribution in [3.8, 4) is 0 Å². The van der Waals surface area contributed by atoms with Crippen molar-refractivity contribution in [3.05, 3.63) is 65.0 Å². The van der Waals surface area contributed by atoms with Crippen LogP contribution in [0.5, 0.6) is 0 Å². The van der Waals surface area contributed by atoms with Crippen molar-refractivity contribution in [2.45, 2.75) is 19.9 Å². The summed E-state index contributed by atoms with van der Waals surface area (Å²) < 4.78 is 5.80. The van der Waals surface area contributed by atoms with Crippen LogP contribution in [0.4, 0.5) is 0 Å². The fourth-order valence-electron chi connectivity index (χ4n) is 2.30. The van der Waals surface area contributed by atoms with E-state index in [4.69, 9.17) is 10.2 Å². The molecule has 0 atom stereocenters. The molecule has 2 aromatic carbocycles. The number of aromatic nitrogens is 1. The predicted octanol–water partition coefficient (Wildman–Crippen LogP) is 3.19. The van der Waals surface area contributed by atoms with E-state index in [2.05, 4.69) is 11.1 Å². The number of benzene rings is 2. The second-order valence-corrected chi connectivity index (χ2v) is 4.68. The highest BCUT2D eigenvalue weighted by Crippen LogP contribution is 2.21. The van der Waals surface area contributed by atoms with Gasteiger partial charge >= 0.3 is 0 Å². The normalized spacial score (nSPS) is 11.1. The third kappa shape index (κ3) is 2.25. The summed E-state index contributed by atoms with van der Waals surface area (Å²) >= 11 is 0. The van der Waals surface area contributed by atoms with E-state index in [9.17, 15) is 0 Å². The molecule has 0 aliphatic carbocycles. The Morgan fingerprint density at radius 1 is 1.05 bits per heavy atom. The summed E-state index contributed by atoms with van der Waals surface area (Å²) in [5, 5.41) is 0. The van der Waals surface area contributed by atoms with Gasteiger partial charge in [-0.2, -0.15) is 0 Å². The zero-order valence-corrected chi connectivity index (χ0v) is 10.9. The molecule has 0 aliphatic rings. The van der Waals surface area contributed by atoms with Crippen LogP contribution in [0.1, 0.15) is 22.6 Å². The second-order valence-electron chi connectivity index (χ2n) is 4.68. The van der Waals surface area contributed by atoms with Crippen LogP contribution in [0, 0.1) is 6.92 Å². The number of fused-ring (bicyclic) bond motifs is 1. The van der Waals surface area contributed by atoms with Crippen molar-refractivity contribution in [2.75, 3.05) is 0 Å². The number of hydrogen-bond acceptors (Lipinski definition) is 3. The Kier molecular flexibility index (Phi) is 3.05. The number of para-hydroxylation sites is 1. The molecule has 0 saturated heterocycles. The lowest BCUT2D eigenvalue weighted by molar-refractivity contribution is 0.543. The third-order valence-electron chi connectivity index (χ3n) is 3.34. The minimum Gasteiger partial charge on any atom is -0.440 e. The van der Waals surface area contributed by atoms with Crippen molar-refractivity contribution in [1.82, 2.24) is 4.98 Å². The Labute approximate surface area is 112 Å². The molecule has 2 N–H and O–H groups in total. The van der Waals surface area contributed by atoms with Gasteiger partial charge in [-0.3, -0.25) is 0 Å². The molecule has 3 rings (SSSR count). The van der Waals surface area contributed by atoms with Crippen molar-refractivity contribution in [3.63, 3.8) is 0 Å². The summed E-state index contributed by atoms with van der Waals surface area (Å²) in [6, 6.07) is 14.1. The fraction of sp³-hybridized carbons (Fsp3) is 0.188. The fourth-order valence-corrected chi connectivity index (χ4v) is 2.30. The first-order valence-electron chi connectivity index (χ1n) is 6.40. The largest absolute Gasteiger partial charge is 0.440 e. The standard InChI is InChI=1S/C16H16N2O/c1-11-5-4-8-14-16(11)18-15(19-14)9-12-6-2-3-7-13(12)10-17/h2-8H,9-10,17H2,1H3. The highest BCUT2D eigenvalue weighted by molar-refractivity contribution is 5.76. The van der Waals surface area contributed by atoms with Crippen molar-refractivity contribution < 1.29 is 4.42 Å². The average Bonchev–Trinajstić information content (AvgIpc) is 2.83. The number of nitrogens with zero attached hydrogens (tertiary/aromatic N) is 1. The van der Waals surface area contributed by atoms with Gasteiger partial charge in [-0.15, -0.1) is 0 Å². The molecule has 96 valence electrons. The first kappa shape index (κ1) is 11.9. The quantitative estimate of drug-likeness (QED) is 0.778. The predicted molar refractivity (Wildman–Crippen MR) is 75.9 cm³/mol. The highest BCUT2D eigenvalue weighted by Gasteiger charge is 2.09. The maximum atomic E-state index is 5.80. The zero-order chi connectivity index (χ0) is 13.2. The minimum absolute atomic E-state index is 0.537. The molecule has 0 aliphatic heterocycles. The van der Waals surface area contributed by atoms with Crippen LogP contribution in [-0.4, -0.2) is 4.98 Å². The van der Waals surface area contributed by atoms with Gasteiger partial charge in [0.2, 0.25) is 0 Å². The van der Waals surface area contributed by atoms with E-state index in [1.165, 1.54) is 5.56 Å². The summed E-state index contributed by atoms with van der Waals surface area (Å²) in [5.41, 5.74) is 11.0. The van der Waals surface area contributed by atoms with Gasteiger partial charge in [0.25, 0.3) is 0 Å². The van der Waals surface area contributed by atoms with Crippen LogP contribution < -0.4 is 5.73 Å². The number of rotatable bonds is 3. The summed E-state index contributed by atoms with van der Waals surface area (Å²) in [6.07, 6.45) is 0.682. The summed E-state index contributed by atoms with van der Waals surface area (Å²) in [6.45, 7) is 2.58. The molecule has 0 spiro atoms. The third-order valence-corrected chi connectivity index (χ3v) is 3.34. The molecular weight excluding hydrogens is 236 g/mol. The van der Waals surface area contributed by atoms with Crippen LogP contribution in [0.3, 0.4) is 0 Å². The molecular formula is C16H16N2O. The van der Waals surface area contributed by atoms with Gasteiger partial charge in [0, 0.05) is 13.0 Å². The number of hydrogen-bond donors (Lipinski definition) is 1. The van der Waals surface area contributed by atoms with Crippen molar-refractivity contribution in [2.24, 2.45) is 5.73 Å². The second kappa shape index (κ2) is 4.86. The van der Waals surface area contributed by atoms with E-state index in [0.717, 1.165) is 28.1 Å². The molecule has 0 radical (unpaired) electrons. The van der Waals surface area contributed by atoms with Gasteiger partial charge in [-0.1, -0.05) is 36.4 Å². The Balaban J connectivity index is 1.99. The van der Waals surface area contributed by atoms with Gasteiger partial charge in [-0.25, -0.2) is 4.98 Å². The van der Waals surface area contributed by atoms with Crippen LogP contribution in [0.15, 0.2) is 46.9 Å². The lowest BCUT2D eigenvalue weighted by atomic mass is 10.0. The highest BCUT2D eigenvalue weighted by atomic mass is 16.3. The molecule has 3 nitrogen and oxygen atoms in total. The zero-order valence-electron chi connectivity index (χ0n) is 10.9. The summed E-state index contributed by atoms with van der Waals surface area (Å²) in [4.78, 5) is 4.58. The van der Waals surface area contributed by atoms with E-state index in [0.29, 0.717) is 13.0 Å². The molecule has 0 amide bonds. The molecule has 0 bridgehead atoms. The van der Waals surface area contributed by atoms with Gasteiger partial charge in [0.1, 0.15) is 5.52 Å². The topological polar surface area (TPSA) is 52.0 Å². The van der Waals surface area contributed by atoms with Gasteiger partial charge in [0.05, 0.1) is 0 Å². The smallest absolute Gasteiger partial charge is 0.199 e. The van der Waals surface area contributed by atoms with E-state index < -0.39 is 0 Å². The maximum Gasteiger partial charge on any atom is 0.199 e. The molecule has 3 heteroatoms. The molecule has 1 aromatic heterocycles. The Morgan fingerprint density at radius 2 is 1.84 bits per heavy atom. The first-order valence-corrected chi connectivity index (χ1v) is 6.40. The molecule has 19 heavy (non-hydrogen) atoms. The maximum absolute atomic E-state index is 5.80. The van der Waals surface area contributed by atoms with Crippen LogP contribution in [-0.2, 0) is 13.0 Å². The van der Waals surface area contributed by atoms with Crippen LogP contribution in [0.2, 0.25) is 0 Å². The number of nitrogens with two attached hydrogens (primary N) is 1. The molecule has 0 unspecified atom stereocenters. The Bertz CT molecular complexity index is 716. The van der Waals surface area contributed by atoms with Crippen molar-refractivity contribution >= 4 is 11.1 Å². The van der Waals surface area contributed by atoms with Crippen LogP contribution in [0.25, 0.3) is 11.1 Å². The van der Waals surface area contributed by atoms with E-state index in [1.807, 2.05) is 43.3 Å². The van der Waals surface area contributed by atoms with Gasteiger partial charge < -0.3 is 10.2 Å². The minimum atomic E-state index is 0.537. The summed E-state index contributed by atoms with van der Waals surface area (Å²) in [7, 11) is 0. The van der Waals surface area contributed by atoms with Gasteiger partial charge in [0.15, 0.2) is 11.5 Å². The number of oxazole rings is 1. The molecule has 0 fully saturated rings. The molecule has 3 aromatic rings.